The van der Waals surface area contributed by atoms with E-state index in [9.17, 15) is 9.18 Å². The normalized spacial score (nSPS) is 11.2. The van der Waals surface area contributed by atoms with Gasteiger partial charge < -0.3 is 20.3 Å². The lowest BCUT2D eigenvalue weighted by molar-refractivity contribution is -0.134. The molecule has 14 heteroatoms. The third kappa shape index (κ3) is 7.46. The van der Waals surface area contributed by atoms with Crippen LogP contribution >= 0.6 is 0 Å². The van der Waals surface area contributed by atoms with E-state index < -0.39 is 30.1 Å². The lowest BCUT2D eigenvalue weighted by Crippen LogP contribution is -2.18. The smallest absolute Gasteiger partial charge is 0.350 e. The zero-order valence-corrected chi connectivity index (χ0v) is 21.6. The number of rotatable bonds is 10. The van der Waals surface area contributed by atoms with Gasteiger partial charge in [0.2, 0.25) is 0 Å². The zero-order valence-electron chi connectivity index (χ0n) is 21.6. The molecule has 0 radical (unpaired) electrons. The van der Waals surface area contributed by atoms with Crippen molar-refractivity contribution < 1.29 is 28.2 Å². The molecule has 1 unspecified atom stereocenters. The van der Waals surface area contributed by atoms with Crippen molar-refractivity contribution in [2.45, 2.75) is 19.3 Å². The SMILES string of the molecule is CC(=O)O.COc1cc(OCCF)c(F)c(C(Cc2ccc(C(=N)N)cc2)c2nn(-c3ncccn3)c(=O)[nH]2)c1. The number of alkyl halides is 1. The van der Waals surface area contributed by atoms with Crippen LogP contribution in [0.4, 0.5) is 8.78 Å². The Morgan fingerprint density at radius 3 is 2.45 bits per heavy atom. The highest BCUT2D eigenvalue weighted by Crippen LogP contribution is 2.36. The molecule has 2 aromatic carbocycles. The molecule has 1 atom stereocenters. The van der Waals surface area contributed by atoms with Crippen molar-refractivity contribution in [3.8, 4) is 17.4 Å². The Hall–Kier alpha value is -5.14. The maximum absolute atomic E-state index is 15.7. The van der Waals surface area contributed by atoms with Gasteiger partial charge in [-0.25, -0.2) is 23.5 Å². The van der Waals surface area contributed by atoms with Gasteiger partial charge in [-0.1, -0.05) is 24.3 Å². The van der Waals surface area contributed by atoms with Gasteiger partial charge in [0.25, 0.3) is 11.9 Å². The molecule has 12 nitrogen and oxygen atoms in total. The van der Waals surface area contributed by atoms with E-state index in [0.717, 1.165) is 17.2 Å². The number of ether oxygens (including phenoxy) is 2. The Kier molecular flexibility index (Phi) is 10.00. The van der Waals surface area contributed by atoms with E-state index in [1.54, 1.807) is 30.3 Å². The third-order valence-electron chi connectivity index (χ3n) is 5.40. The van der Waals surface area contributed by atoms with E-state index in [0.29, 0.717) is 5.56 Å². The number of hydrogen-bond donors (Lipinski definition) is 4. The standard InChI is InChI=1S/C24H23F2N7O3.C2H4O2/c1-35-16-12-17(20(26)19(13-16)36-10-7-25)18(11-14-3-5-15(6-4-14)21(27)28)22-31-24(34)33(32-22)23-29-8-2-9-30-23;1-2(3)4/h2-6,8-9,12-13,18H,7,10-11H2,1H3,(H3,27,28)(H,31,32,34);1H3,(H,3,4). The highest BCUT2D eigenvalue weighted by Gasteiger charge is 2.27. The first-order valence-corrected chi connectivity index (χ1v) is 11.8. The molecule has 210 valence electrons. The molecule has 0 aliphatic rings. The number of aromatic amines is 1. The maximum Gasteiger partial charge on any atom is 0.350 e. The third-order valence-corrected chi connectivity index (χ3v) is 5.40. The molecule has 4 aromatic rings. The summed E-state index contributed by atoms with van der Waals surface area (Å²) in [6, 6.07) is 11.2. The van der Waals surface area contributed by atoms with Crippen molar-refractivity contribution in [1.29, 1.82) is 5.41 Å². The summed E-state index contributed by atoms with van der Waals surface area (Å²) in [4.78, 5) is 32.5. The lowest BCUT2D eigenvalue weighted by atomic mass is 9.90. The van der Waals surface area contributed by atoms with Crippen LogP contribution in [0.25, 0.3) is 5.95 Å². The summed E-state index contributed by atoms with van der Waals surface area (Å²) in [6.45, 7) is -0.0514. The molecule has 0 saturated carbocycles. The number of aromatic nitrogens is 5. The van der Waals surface area contributed by atoms with Gasteiger partial charge in [0.1, 0.15) is 30.7 Å². The molecule has 2 aromatic heterocycles. The maximum atomic E-state index is 15.7. The number of carboxylic acid groups (broad SMARTS) is 1. The van der Waals surface area contributed by atoms with Gasteiger partial charge in [0.05, 0.1) is 13.0 Å². The second kappa shape index (κ2) is 13.6. The van der Waals surface area contributed by atoms with Crippen LogP contribution in [0, 0.1) is 11.2 Å². The van der Waals surface area contributed by atoms with Crippen LogP contribution in [0.15, 0.2) is 59.7 Å². The van der Waals surface area contributed by atoms with Gasteiger partial charge >= 0.3 is 5.69 Å². The number of carboxylic acids is 1. The number of aliphatic carboxylic acids is 1. The summed E-state index contributed by atoms with van der Waals surface area (Å²) in [5.41, 5.74) is 6.34. The molecule has 40 heavy (non-hydrogen) atoms. The quantitative estimate of drug-likeness (QED) is 0.169. The molecule has 0 spiro atoms. The molecule has 5 N–H and O–H groups in total. The topological polar surface area (TPSA) is 182 Å². The zero-order chi connectivity index (χ0) is 29.2. The van der Waals surface area contributed by atoms with Crippen LogP contribution in [-0.4, -0.2) is 62.0 Å². The van der Waals surface area contributed by atoms with Gasteiger partial charge in [0, 0.05) is 36.5 Å². The Labute approximate surface area is 226 Å². The first kappa shape index (κ1) is 29.4. The molecular formula is C26H27F2N7O5. The van der Waals surface area contributed by atoms with E-state index >= 15 is 4.39 Å². The summed E-state index contributed by atoms with van der Waals surface area (Å²) in [5, 5.41) is 19.4. The number of nitrogens with zero attached hydrogens (tertiary/aromatic N) is 4. The minimum atomic E-state index is -0.833. The van der Waals surface area contributed by atoms with E-state index in [-0.39, 0.29) is 47.7 Å². The summed E-state index contributed by atoms with van der Waals surface area (Å²) < 4.78 is 39.9. The summed E-state index contributed by atoms with van der Waals surface area (Å²) >= 11 is 0. The van der Waals surface area contributed by atoms with Crippen molar-refractivity contribution in [2.24, 2.45) is 5.73 Å². The van der Waals surface area contributed by atoms with Gasteiger partial charge in [-0.15, -0.1) is 9.78 Å². The van der Waals surface area contributed by atoms with Gasteiger partial charge in [-0.05, 0) is 24.1 Å². The fourth-order valence-electron chi connectivity index (χ4n) is 3.66. The number of H-pyrrole nitrogens is 1. The fraction of sp³-hybridized carbons (Fsp3) is 0.231. The summed E-state index contributed by atoms with van der Waals surface area (Å²) in [7, 11) is 1.41. The summed E-state index contributed by atoms with van der Waals surface area (Å²) in [6.07, 6.45) is 3.13. The van der Waals surface area contributed by atoms with Crippen LogP contribution in [0.5, 0.6) is 11.5 Å². The molecule has 2 heterocycles. The number of nitrogens with two attached hydrogens (primary N) is 1. The Balaban J connectivity index is 0.00000103. The second-order valence-corrected chi connectivity index (χ2v) is 8.23. The van der Waals surface area contributed by atoms with E-state index in [2.05, 4.69) is 20.1 Å². The highest BCUT2D eigenvalue weighted by molar-refractivity contribution is 5.94. The molecule has 0 saturated heterocycles. The number of nitrogen functional groups attached to an aromatic ring is 1. The Morgan fingerprint density at radius 2 is 1.88 bits per heavy atom. The van der Waals surface area contributed by atoms with Crippen molar-refractivity contribution in [3.63, 3.8) is 0 Å². The van der Waals surface area contributed by atoms with Crippen molar-refractivity contribution >= 4 is 11.8 Å². The van der Waals surface area contributed by atoms with Gasteiger partial charge in [-0.3, -0.25) is 15.2 Å². The number of nitrogens with one attached hydrogen (secondary N) is 2. The molecule has 0 bridgehead atoms. The number of methoxy groups -OCH3 is 1. The molecule has 0 aliphatic carbocycles. The monoisotopic (exact) mass is 555 g/mol. The molecule has 0 aliphatic heterocycles. The first-order chi connectivity index (χ1) is 19.1. The Morgan fingerprint density at radius 1 is 1.23 bits per heavy atom. The number of carbonyl (C=O) groups is 1. The highest BCUT2D eigenvalue weighted by atomic mass is 19.1. The Bertz CT molecular complexity index is 1500. The van der Waals surface area contributed by atoms with Crippen LogP contribution in [0.2, 0.25) is 0 Å². The second-order valence-electron chi connectivity index (χ2n) is 8.23. The van der Waals surface area contributed by atoms with Crippen molar-refractivity contribution in [2.75, 3.05) is 20.4 Å². The van der Waals surface area contributed by atoms with Crippen molar-refractivity contribution in [3.05, 3.63) is 93.7 Å². The van der Waals surface area contributed by atoms with E-state index in [4.69, 9.17) is 30.5 Å². The van der Waals surface area contributed by atoms with Gasteiger partial charge in [0.15, 0.2) is 11.6 Å². The molecule has 4 rings (SSSR count). The minimum Gasteiger partial charge on any atom is -0.497 e. The number of amidine groups is 1. The van der Waals surface area contributed by atoms with Crippen LogP contribution in [0.1, 0.15) is 35.4 Å². The first-order valence-electron chi connectivity index (χ1n) is 11.8. The number of halogens is 2. The van der Waals surface area contributed by atoms with E-state index in [1.165, 1.54) is 31.6 Å². The van der Waals surface area contributed by atoms with Crippen LogP contribution in [0.3, 0.4) is 0 Å². The van der Waals surface area contributed by atoms with Crippen molar-refractivity contribution in [1.82, 2.24) is 24.7 Å². The lowest BCUT2D eigenvalue weighted by Gasteiger charge is -2.19. The number of benzene rings is 2. The van der Waals surface area contributed by atoms with Crippen LogP contribution in [-0.2, 0) is 11.2 Å². The van der Waals surface area contributed by atoms with E-state index in [1.807, 2.05) is 0 Å². The molecule has 0 fully saturated rings. The average molecular weight is 556 g/mol. The molecular weight excluding hydrogens is 528 g/mol. The molecule has 0 amide bonds. The fourth-order valence-corrected chi connectivity index (χ4v) is 3.66. The summed E-state index contributed by atoms with van der Waals surface area (Å²) in [5.74, 6) is -2.18. The van der Waals surface area contributed by atoms with Gasteiger partial charge in [-0.2, -0.15) is 0 Å². The minimum absolute atomic E-state index is 0.0487. The largest absolute Gasteiger partial charge is 0.497 e. The number of hydrogen-bond acceptors (Lipinski definition) is 8. The predicted octanol–water partition coefficient (Wildman–Crippen LogP) is 2.60. The predicted molar refractivity (Wildman–Crippen MR) is 141 cm³/mol. The van der Waals surface area contributed by atoms with Crippen LogP contribution < -0.4 is 20.9 Å². The average Bonchev–Trinajstić information content (AvgIpc) is 3.33.